The first-order chi connectivity index (χ1) is 8.91. The average molecular weight is 263 g/mol. The Morgan fingerprint density at radius 2 is 1.95 bits per heavy atom. The number of rotatable bonds is 3. The van der Waals surface area contributed by atoms with Crippen molar-refractivity contribution in [1.29, 1.82) is 0 Å². The Kier molecular flexibility index (Phi) is 5.08. The SMILES string of the molecule is CC(=O)O.NC(=O)[C@@H](N)Cc1c[nH]c2ccccc12. The van der Waals surface area contributed by atoms with Crippen LogP contribution < -0.4 is 11.5 Å². The van der Waals surface area contributed by atoms with Crippen molar-refractivity contribution in [2.45, 2.75) is 19.4 Å². The quantitative estimate of drug-likeness (QED) is 0.648. The van der Waals surface area contributed by atoms with Gasteiger partial charge in [-0.25, -0.2) is 0 Å². The minimum atomic E-state index is -0.833. The Morgan fingerprint density at radius 3 is 2.53 bits per heavy atom. The second-order valence-corrected chi connectivity index (χ2v) is 4.09. The number of hydrogen-bond acceptors (Lipinski definition) is 3. The van der Waals surface area contributed by atoms with Gasteiger partial charge in [0.2, 0.25) is 5.91 Å². The highest BCUT2D eigenvalue weighted by atomic mass is 16.4. The van der Waals surface area contributed by atoms with Crippen LogP contribution in [-0.4, -0.2) is 28.0 Å². The Morgan fingerprint density at radius 1 is 1.37 bits per heavy atom. The number of amides is 1. The van der Waals surface area contributed by atoms with Crippen LogP contribution >= 0.6 is 0 Å². The zero-order valence-corrected chi connectivity index (χ0v) is 10.6. The number of aromatic nitrogens is 1. The second-order valence-electron chi connectivity index (χ2n) is 4.09. The fourth-order valence-corrected chi connectivity index (χ4v) is 1.64. The topological polar surface area (TPSA) is 122 Å². The Bertz CT molecular complexity index is 573. The van der Waals surface area contributed by atoms with Crippen molar-refractivity contribution in [3.05, 3.63) is 36.0 Å². The molecule has 0 aliphatic carbocycles. The highest BCUT2D eigenvalue weighted by Crippen LogP contribution is 2.18. The summed E-state index contributed by atoms with van der Waals surface area (Å²) in [4.78, 5) is 23.0. The van der Waals surface area contributed by atoms with E-state index in [2.05, 4.69) is 4.98 Å². The number of H-pyrrole nitrogens is 1. The number of aliphatic carboxylic acids is 1. The Labute approximate surface area is 110 Å². The molecule has 0 unspecified atom stereocenters. The van der Waals surface area contributed by atoms with Gasteiger partial charge in [0.05, 0.1) is 6.04 Å². The van der Waals surface area contributed by atoms with Crippen molar-refractivity contribution in [2.24, 2.45) is 11.5 Å². The number of carboxylic acids is 1. The molecule has 19 heavy (non-hydrogen) atoms. The number of carbonyl (C=O) groups is 2. The highest BCUT2D eigenvalue weighted by Gasteiger charge is 2.12. The first-order valence-electron chi connectivity index (χ1n) is 5.71. The lowest BCUT2D eigenvalue weighted by atomic mass is 10.1. The normalized spacial score (nSPS) is 11.5. The first kappa shape index (κ1) is 14.7. The molecule has 0 radical (unpaired) electrons. The monoisotopic (exact) mass is 263 g/mol. The smallest absolute Gasteiger partial charge is 0.300 e. The molecule has 6 heteroatoms. The van der Waals surface area contributed by atoms with Gasteiger partial charge in [0.1, 0.15) is 0 Å². The fourth-order valence-electron chi connectivity index (χ4n) is 1.64. The minimum absolute atomic E-state index is 0.472. The summed E-state index contributed by atoms with van der Waals surface area (Å²) >= 11 is 0. The van der Waals surface area contributed by atoms with Crippen molar-refractivity contribution in [2.75, 3.05) is 0 Å². The lowest BCUT2D eigenvalue weighted by molar-refractivity contribution is -0.134. The van der Waals surface area contributed by atoms with Crippen LogP contribution in [0.1, 0.15) is 12.5 Å². The molecule has 0 bridgehead atoms. The van der Waals surface area contributed by atoms with E-state index in [1.54, 1.807) is 0 Å². The number of carbonyl (C=O) groups excluding carboxylic acids is 1. The third kappa shape index (κ3) is 4.44. The van der Waals surface area contributed by atoms with Crippen LogP contribution in [0.15, 0.2) is 30.5 Å². The number of benzene rings is 1. The molecule has 0 fully saturated rings. The van der Waals surface area contributed by atoms with Crippen LogP contribution in [0.5, 0.6) is 0 Å². The summed E-state index contributed by atoms with van der Waals surface area (Å²) in [5.41, 5.74) is 12.8. The van der Waals surface area contributed by atoms with Crippen LogP contribution in [0.3, 0.4) is 0 Å². The molecule has 2 aromatic rings. The van der Waals surface area contributed by atoms with E-state index >= 15 is 0 Å². The molecule has 2 rings (SSSR count). The molecule has 0 aliphatic heterocycles. The number of nitrogens with one attached hydrogen (secondary N) is 1. The molecule has 1 heterocycles. The largest absolute Gasteiger partial charge is 0.481 e. The van der Waals surface area contributed by atoms with Crippen molar-refractivity contribution < 1.29 is 14.7 Å². The van der Waals surface area contributed by atoms with Gasteiger partial charge in [-0.3, -0.25) is 9.59 Å². The number of hydrogen-bond donors (Lipinski definition) is 4. The fraction of sp³-hybridized carbons (Fsp3) is 0.231. The number of primary amides is 1. The van der Waals surface area contributed by atoms with Gasteiger partial charge < -0.3 is 21.6 Å². The van der Waals surface area contributed by atoms with E-state index in [1.165, 1.54) is 0 Å². The van der Waals surface area contributed by atoms with Crippen molar-refractivity contribution in [3.8, 4) is 0 Å². The molecule has 1 atom stereocenters. The molecule has 102 valence electrons. The maximum Gasteiger partial charge on any atom is 0.300 e. The van der Waals surface area contributed by atoms with E-state index in [4.69, 9.17) is 21.4 Å². The summed E-state index contributed by atoms with van der Waals surface area (Å²) in [5.74, 6) is -1.31. The third-order valence-corrected chi connectivity index (χ3v) is 2.48. The van der Waals surface area contributed by atoms with Crippen LogP contribution in [0.25, 0.3) is 10.9 Å². The van der Waals surface area contributed by atoms with Gasteiger partial charge in [-0.1, -0.05) is 18.2 Å². The maximum absolute atomic E-state index is 10.8. The van der Waals surface area contributed by atoms with Gasteiger partial charge >= 0.3 is 0 Å². The summed E-state index contributed by atoms with van der Waals surface area (Å²) in [6, 6.07) is 7.26. The van der Waals surface area contributed by atoms with Crippen LogP contribution in [-0.2, 0) is 16.0 Å². The number of aromatic amines is 1. The Balaban J connectivity index is 0.000000399. The maximum atomic E-state index is 10.8. The summed E-state index contributed by atoms with van der Waals surface area (Å²) in [6.45, 7) is 1.08. The number of carboxylic acid groups (broad SMARTS) is 1. The van der Waals surface area contributed by atoms with Crippen LogP contribution in [0, 0.1) is 0 Å². The average Bonchev–Trinajstić information content (AvgIpc) is 2.72. The zero-order valence-electron chi connectivity index (χ0n) is 10.6. The van der Waals surface area contributed by atoms with Crippen LogP contribution in [0.4, 0.5) is 0 Å². The molecule has 0 saturated heterocycles. The summed E-state index contributed by atoms with van der Waals surface area (Å²) in [6.07, 6.45) is 2.34. The number of fused-ring (bicyclic) bond motifs is 1. The third-order valence-electron chi connectivity index (χ3n) is 2.48. The molecule has 0 aliphatic rings. The molecular formula is C13H17N3O3. The van der Waals surface area contributed by atoms with Crippen molar-refractivity contribution >= 4 is 22.8 Å². The molecule has 1 amide bonds. The zero-order chi connectivity index (χ0) is 14.4. The summed E-state index contributed by atoms with van der Waals surface area (Å²) in [5, 5.41) is 8.51. The lowest BCUT2D eigenvalue weighted by Crippen LogP contribution is -2.38. The van der Waals surface area contributed by atoms with E-state index in [0.717, 1.165) is 23.4 Å². The predicted octanol–water partition coefficient (Wildman–Crippen LogP) is 0.614. The molecule has 6 nitrogen and oxygen atoms in total. The van der Waals surface area contributed by atoms with E-state index in [0.29, 0.717) is 6.42 Å². The van der Waals surface area contributed by atoms with Gasteiger partial charge in [-0.05, 0) is 18.1 Å². The minimum Gasteiger partial charge on any atom is -0.481 e. The van der Waals surface area contributed by atoms with Gasteiger partial charge in [-0.15, -0.1) is 0 Å². The molecule has 0 spiro atoms. The lowest BCUT2D eigenvalue weighted by Gasteiger charge is -2.05. The summed E-state index contributed by atoms with van der Waals surface area (Å²) < 4.78 is 0. The first-order valence-corrected chi connectivity index (χ1v) is 5.71. The van der Waals surface area contributed by atoms with E-state index in [9.17, 15) is 4.79 Å². The molecule has 6 N–H and O–H groups in total. The van der Waals surface area contributed by atoms with Crippen molar-refractivity contribution in [3.63, 3.8) is 0 Å². The predicted molar refractivity (Wildman–Crippen MR) is 72.5 cm³/mol. The number of para-hydroxylation sites is 1. The standard InChI is InChI=1S/C11H13N3O.C2H4O2/c12-9(11(13)15)5-7-6-14-10-4-2-1-3-8(7)10;1-2(3)4/h1-4,6,9,14H,5,12H2,(H2,13,15);1H3,(H,3,4)/t9-;/m0./s1. The number of nitrogens with two attached hydrogens (primary N) is 2. The molecule has 0 saturated carbocycles. The highest BCUT2D eigenvalue weighted by molar-refractivity contribution is 5.85. The van der Waals surface area contributed by atoms with E-state index in [-0.39, 0.29) is 0 Å². The van der Waals surface area contributed by atoms with E-state index in [1.807, 2.05) is 30.5 Å². The molecular weight excluding hydrogens is 246 g/mol. The van der Waals surface area contributed by atoms with E-state index < -0.39 is 17.9 Å². The van der Waals surface area contributed by atoms with Gasteiger partial charge in [0.15, 0.2) is 0 Å². The second kappa shape index (κ2) is 6.55. The summed E-state index contributed by atoms with van der Waals surface area (Å²) in [7, 11) is 0. The van der Waals surface area contributed by atoms with Gasteiger partial charge in [0.25, 0.3) is 5.97 Å². The molecule has 1 aromatic heterocycles. The van der Waals surface area contributed by atoms with Crippen molar-refractivity contribution in [1.82, 2.24) is 4.98 Å². The van der Waals surface area contributed by atoms with Gasteiger partial charge in [-0.2, -0.15) is 0 Å². The molecule has 1 aromatic carbocycles. The van der Waals surface area contributed by atoms with Gasteiger partial charge in [0, 0.05) is 24.0 Å². The Hall–Kier alpha value is -2.34. The van der Waals surface area contributed by atoms with Crippen LogP contribution in [0.2, 0.25) is 0 Å².